The van der Waals surface area contributed by atoms with E-state index in [4.69, 9.17) is 47.4 Å². The van der Waals surface area contributed by atoms with Crippen molar-refractivity contribution in [3.05, 3.63) is 47.1 Å². The van der Waals surface area contributed by atoms with Gasteiger partial charge in [0.15, 0.2) is 18.4 Å². The van der Waals surface area contributed by atoms with Gasteiger partial charge < -0.3 is 62.7 Å². The van der Waals surface area contributed by atoms with E-state index in [1.54, 1.807) is 40.2 Å². The van der Waals surface area contributed by atoms with E-state index in [2.05, 4.69) is 40.7 Å². The lowest BCUT2D eigenvalue weighted by Gasteiger charge is -2.51. The number of methoxy groups -OCH3 is 2. The monoisotopic (exact) mass is 889 g/mol. The van der Waals surface area contributed by atoms with Crippen LogP contribution in [0.15, 0.2) is 47.1 Å². The summed E-state index contributed by atoms with van der Waals surface area (Å²) >= 11 is 0. The van der Waals surface area contributed by atoms with Crippen LogP contribution in [-0.2, 0) is 52.2 Å². The number of esters is 1. The van der Waals surface area contributed by atoms with Gasteiger partial charge in [-0.15, -0.1) is 0 Å². The van der Waals surface area contributed by atoms with E-state index in [1.165, 1.54) is 0 Å². The Balaban J connectivity index is 1.18. The highest BCUT2D eigenvalue weighted by molar-refractivity contribution is 5.78. The van der Waals surface area contributed by atoms with Gasteiger partial charge in [-0.25, -0.2) is 0 Å². The molecule has 0 aromatic heterocycles. The zero-order chi connectivity index (χ0) is 45.4. The fourth-order valence-electron chi connectivity index (χ4n) is 11.2. The number of hydrogen-bond donors (Lipinski definition) is 3. The molecule has 0 unspecified atom stereocenters. The summed E-state index contributed by atoms with van der Waals surface area (Å²) < 4.78 is 64.1. The lowest BCUT2D eigenvalue weighted by molar-refractivity contribution is -0.342. The Morgan fingerprint density at radius 1 is 0.921 bits per heavy atom. The molecule has 6 aliphatic heterocycles. The molecule has 0 radical (unpaired) electrons. The lowest BCUT2D eigenvalue weighted by Crippen LogP contribution is -2.58. The molecule has 3 N–H and O–H groups in total. The van der Waals surface area contributed by atoms with Crippen LogP contribution in [0.2, 0.25) is 0 Å². The van der Waals surface area contributed by atoms with E-state index in [0.29, 0.717) is 61.5 Å². The second-order valence-corrected chi connectivity index (χ2v) is 19.5. The Hall–Kier alpha value is -2.05. The van der Waals surface area contributed by atoms with Gasteiger partial charge in [0.2, 0.25) is 0 Å². The van der Waals surface area contributed by atoms with E-state index in [1.807, 2.05) is 19.1 Å². The first kappa shape index (κ1) is 48.9. The topological polar surface area (TPSA) is 170 Å². The molecule has 20 atom stereocenters. The summed E-state index contributed by atoms with van der Waals surface area (Å²) in [5.74, 6) is -2.04. The Bertz CT molecular complexity index is 1700. The number of aliphatic hydroxyl groups excluding tert-OH is 2. The first-order valence-electron chi connectivity index (χ1n) is 23.7. The third kappa shape index (κ3) is 10.1. The zero-order valence-electron chi connectivity index (χ0n) is 39.2. The summed E-state index contributed by atoms with van der Waals surface area (Å²) in [5, 5.41) is 34.3. The molecule has 63 heavy (non-hydrogen) atoms. The second-order valence-electron chi connectivity index (χ2n) is 19.5. The third-order valence-electron chi connectivity index (χ3n) is 15.3. The number of rotatable bonds is 9. The molecule has 14 heteroatoms. The van der Waals surface area contributed by atoms with Gasteiger partial charge in [0.05, 0.1) is 49.3 Å². The maximum Gasteiger partial charge on any atom is 0.316 e. The van der Waals surface area contributed by atoms with Crippen molar-refractivity contribution in [2.24, 2.45) is 23.7 Å². The molecule has 1 spiro atoms. The van der Waals surface area contributed by atoms with Crippen LogP contribution in [0.25, 0.3) is 0 Å². The van der Waals surface area contributed by atoms with E-state index in [0.717, 1.165) is 24.8 Å². The highest BCUT2D eigenvalue weighted by atomic mass is 16.7. The summed E-state index contributed by atoms with van der Waals surface area (Å²) in [6.07, 6.45) is 7.62. The van der Waals surface area contributed by atoms with Gasteiger partial charge in [0.1, 0.15) is 42.0 Å². The largest absolute Gasteiger partial charge is 0.462 e. The Kier molecular flexibility index (Phi) is 15.9. The quantitative estimate of drug-likeness (QED) is 0.182. The number of fused-ring (bicyclic) bond motifs is 2. The molecule has 7 rings (SSSR count). The van der Waals surface area contributed by atoms with E-state index in [9.17, 15) is 20.1 Å². The molecular weight excluding hydrogens is 813 g/mol. The summed E-state index contributed by atoms with van der Waals surface area (Å²) in [7, 11) is 3.23. The molecule has 5 saturated heterocycles. The average molecular weight is 889 g/mol. The summed E-state index contributed by atoms with van der Waals surface area (Å²) in [6.45, 7) is 16.3. The van der Waals surface area contributed by atoms with Gasteiger partial charge in [0.25, 0.3) is 0 Å². The van der Waals surface area contributed by atoms with Gasteiger partial charge in [-0.2, -0.15) is 0 Å². The van der Waals surface area contributed by atoms with Gasteiger partial charge in [0, 0.05) is 52.2 Å². The van der Waals surface area contributed by atoms with E-state index in [-0.39, 0.29) is 30.8 Å². The number of allylic oxidation sites excluding steroid dienone is 2. The summed E-state index contributed by atoms with van der Waals surface area (Å²) in [5.41, 5.74) is 0.192. The first-order valence-corrected chi connectivity index (χ1v) is 23.7. The fraction of sp³-hybridized carbons (Fsp3) is 0.816. The van der Waals surface area contributed by atoms with Crippen molar-refractivity contribution in [2.75, 3.05) is 20.8 Å². The smallest absolute Gasteiger partial charge is 0.316 e. The Morgan fingerprint density at radius 2 is 1.63 bits per heavy atom. The molecular formula is C49H76O14. The molecule has 0 saturated carbocycles. The van der Waals surface area contributed by atoms with Crippen molar-refractivity contribution in [3.63, 3.8) is 0 Å². The zero-order valence-corrected chi connectivity index (χ0v) is 39.2. The fourth-order valence-corrected chi connectivity index (χ4v) is 11.2. The van der Waals surface area contributed by atoms with Gasteiger partial charge >= 0.3 is 5.97 Å². The van der Waals surface area contributed by atoms with Crippen LogP contribution in [0.3, 0.4) is 0 Å². The average Bonchev–Trinajstić information content (AvgIpc) is 3.60. The van der Waals surface area contributed by atoms with Crippen molar-refractivity contribution < 1.29 is 67.5 Å². The number of carbonyl (C=O) groups is 1. The summed E-state index contributed by atoms with van der Waals surface area (Å²) in [4.78, 5) is 14.4. The predicted molar refractivity (Wildman–Crippen MR) is 232 cm³/mol. The van der Waals surface area contributed by atoms with Crippen molar-refractivity contribution in [2.45, 2.75) is 210 Å². The normalized spacial score (nSPS) is 48.8. The molecule has 0 amide bonds. The lowest BCUT2D eigenvalue weighted by atomic mass is 9.71. The molecule has 6 heterocycles. The van der Waals surface area contributed by atoms with Crippen molar-refractivity contribution in [1.82, 2.24) is 0 Å². The van der Waals surface area contributed by atoms with Crippen LogP contribution in [0.4, 0.5) is 0 Å². The minimum absolute atomic E-state index is 0.00681. The number of aliphatic hydroxyl groups is 3. The van der Waals surface area contributed by atoms with E-state index < -0.39 is 90.8 Å². The molecule has 356 valence electrons. The Labute approximate surface area is 374 Å². The SMILES string of the molecule is CC[C@H]1CC[C@]2(C[C@@H]3C[C@@H](C/C=C(\C)[C@@H](O[C@H]4C[C@H](OC)[C@@H](O[C@H]5C[C@H](OC)[C@@H](O)[C@H](C)O5)[C@H](C)O4)[C@@H](C)/C=C/C=C4\CO[C@@H]5[C@H](O)C(C)=C[C@@H](C(=O)O3)[C@]45O)O2)O[C@@H]1[C@@H](C)CC. The maximum absolute atomic E-state index is 14.4. The molecule has 0 aromatic carbocycles. The molecule has 5 fully saturated rings. The third-order valence-corrected chi connectivity index (χ3v) is 15.3. The highest BCUT2D eigenvalue weighted by Crippen LogP contribution is 2.48. The van der Waals surface area contributed by atoms with Gasteiger partial charge in [-0.05, 0) is 69.1 Å². The maximum atomic E-state index is 14.4. The van der Waals surface area contributed by atoms with Crippen LogP contribution in [0.5, 0.6) is 0 Å². The molecule has 7 aliphatic rings. The summed E-state index contributed by atoms with van der Waals surface area (Å²) in [6, 6.07) is 0. The molecule has 14 nitrogen and oxygen atoms in total. The van der Waals surface area contributed by atoms with Crippen LogP contribution in [0, 0.1) is 23.7 Å². The highest BCUT2D eigenvalue weighted by Gasteiger charge is 2.60. The second kappa shape index (κ2) is 20.4. The van der Waals surface area contributed by atoms with E-state index >= 15 is 0 Å². The number of hydrogen-bond acceptors (Lipinski definition) is 14. The van der Waals surface area contributed by atoms with Crippen LogP contribution in [0.1, 0.15) is 113 Å². The van der Waals surface area contributed by atoms with Crippen molar-refractivity contribution >= 4 is 5.97 Å². The van der Waals surface area contributed by atoms with Gasteiger partial charge in [-0.1, -0.05) is 70.9 Å². The van der Waals surface area contributed by atoms with Crippen LogP contribution >= 0.6 is 0 Å². The van der Waals surface area contributed by atoms with Crippen molar-refractivity contribution in [3.8, 4) is 0 Å². The van der Waals surface area contributed by atoms with Gasteiger partial charge in [-0.3, -0.25) is 4.79 Å². The first-order chi connectivity index (χ1) is 30.0. The van der Waals surface area contributed by atoms with Crippen molar-refractivity contribution in [1.29, 1.82) is 0 Å². The number of ether oxygens (including phenoxy) is 10. The Morgan fingerprint density at radius 3 is 2.35 bits per heavy atom. The number of carbonyl (C=O) groups excluding carboxylic acids is 1. The minimum Gasteiger partial charge on any atom is -0.462 e. The molecule has 1 aliphatic carbocycles. The van der Waals surface area contributed by atoms with Crippen LogP contribution in [-0.4, -0.2) is 139 Å². The van der Waals surface area contributed by atoms with Crippen LogP contribution < -0.4 is 0 Å². The molecule has 0 aromatic rings. The minimum atomic E-state index is -1.82. The predicted octanol–water partition coefficient (Wildman–Crippen LogP) is 5.99. The molecule has 2 bridgehead atoms. The standard InChI is InChI=1S/C49H76O14/c1-11-26(3)44-32(12-2)18-19-48(63-44)24-35-21-34(62-48)17-16-28(5)43(27(4)14-13-15-33-25-56-46-41(50)29(6)20-36(47(52)59-35)49(33,46)53)60-40-23-38(55-10)45(31(8)58-40)61-39-22-37(54-9)42(51)30(7)57-39/h13-16,20,26-27,30-32,34-46,50-51,53H,11-12,17-19,21-25H2,1-10H3/b14-13+,28-16+,33-15+/t26-,27-,30-,31-,32-,34+,35-,36-,37-,38-,39-,40-,41+,42-,43-,44+,45-,46+,48+,49+/m0/s1.